The summed E-state index contributed by atoms with van der Waals surface area (Å²) in [6, 6.07) is 6.52. The molecule has 0 unspecified atom stereocenters. The Morgan fingerprint density at radius 2 is 2.16 bits per heavy atom. The number of fused-ring (bicyclic) bond motifs is 1. The van der Waals surface area contributed by atoms with E-state index in [-0.39, 0.29) is 5.91 Å². The third-order valence-electron chi connectivity index (χ3n) is 3.96. The van der Waals surface area contributed by atoms with Gasteiger partial charge in [-0.2, -0.15) is 0 Å². The average molecular weight is 260 g/mol. The van der Waals surface area contributed by atoms with Gasteiger partial charge in [0.15, 0.2) is 0 Å². The molecule has 1 atom stereocenters. The maximum atomic E-state index is 12.1. The first-order valence-electron chi connectivity index (χ1n) is 7.32. The van der Waals surface area contributed by atoms with E-state index in [9.17, 15) is 4.79 Å². The summed E-state index contributed by atoms with van der Waals surface area (Å²) in [5.41, 5.74) is 9.40. The Labute approximate surface area is 115 Å². The number of carbonyl (C=O) groups is 1. The molecule has 19 heavy (non-hydrogen) atoms. The predicted octanol–water partition coefficient (Wildman–Crippen LogP) is 2.77. The molecule has 1 aliphatic carbocycles. The lowest BCUT2D eigenvalue weighted by Crippen LogP contribution is -2.43. The van der Waals surface area contributed by atoms with Crippen molar-refractivity contribution in [3.63, 3.8) is 0 Å². The summed E-state index contributed by atoms with van der Waals surface area (Å²) < 4.78 is 0. The van der Waals surface area contributed by atoms with E-state index in [0.717, 1.165) is 37.9 Å². The molecule has 1 aliphatic rings. The average Bonchev–Trinajstić information content (AvgIpc) is 2.43. The Bertz CT molecular complexity index is 456. The number of hydrogen-bond donors (Lipinski definition) is 1. The van der Waals surface area contributed by atoms with Crippen molar-refractivity contribution >= 4 is 11.6 Å². The van der Waals surface area contributed by atoms with Gasteiger partial charge in [-0.3, -0.25) is 4.79 Å². The van der Waals surface area contributed by atoms with Crippen molar-refractivity contribution in [3.8, 4) is 0 Å². The smallest absolute Gasteiger partial charge is 0.222 e. The molecule has 1 aromatic carbocycles. The molecular formula is C16H24N2O. The highest BCUT2D eigenvalue weighted by Crippen LogP contribution is 2.26. The van der Waals surface area contributed by atoms with Crippen LogP contribution < -0.4 is 5.73 Å². The largest absolute Gasteiger partial charge is 0.399 e. The van der Waals surface area contributed by atoms with Crippen molar-refractivity contribution < 1.29 is 4.79 Å². The van der Waals surface area contributed by atoms with Gasteiger partial charge in [-0.1, -0.05) is 19.9 Å². The van der Waals surface area contributed by atoms with Crippen LogP contribution in [0.3, 0.4) is 0 Å². The molecule has 1 aromatic rings. The zero-order chi connectivity index (χ0) is 13.8. The highest BCUT2D eigenvalue weighted by atomic mass is 16.2. The van der Waals surface area contributed by atoms with E-state index in [0.29, 0.717) is 12.5 Å². The third-order valence-corrected chi connectivity index (χ3v) is 3.96. The molecule has 0 spiro atoms. The standard InChI is InChI=1S/C16H24N2O/c1-3-9-18(16(19)4-2)15-8-6-12-5-7-14(17)10-13(12)11-15/h5,7,10,15H,3-4,6,8-9,11,17H2,1-2H3/t15-/m1/s1. The molecule has 1 amide bonds. The summed E-state index contributed by atoms with van der Waals surface area (Å²) in [4.78, 5) is 14.2. The van der Waals surface area contributed by atoms with Crippen LogP contribution in [0, 0.1) is 0 Å². The number of nitrogens with two attached hydrogens (primary N) is 1. The van der Waals surface area contributed by atoms with E-state index in [1.54, 1.807) is 0 Å². The maximum absolute atomic E-state index is 12.1. The molecule has 0 radical (unpaired) electrons. The van der Waals surface area contributed by atoms with Crippen LogP contribution in [-0.2, 0) is 17.6 Å². The summed E-state index contributed by atoms with van der Waals surface area (Å²) in [6.45, 7) is 4.94. The molecule has 3 nitrogen and oxygen atoms in total. The van der Waals surface area contributed by atoms with Gasteiger partial charge in [0.25, 0.3) is 0 Å². The zero-order valence-corrected chi connectivity index (χ0v) is 12.0. The van der Waals surface area contributed by atoms with Gasteiger partial charge < -0.3 is 10.6 Å². The number of benzene rings is 1. The van der Waals surface area contributed by atoms with Crippen LogP contribution >= 0.6 is 0 Å². The monoisotopic (exact) mass is 260 g/mol. The van der Waals surface area contributed by atoms with Crippen molar-refractivity contribution in [1.29, 1.82) is 0 Å². The minimum atomic E-state index is 0.277. The second kappa shape index (κ2) is 6.09. The van der Waals surface area contributed by atoms with Gasteiger partial charge in [0.2, 0.25) is 5.91 Å². The van der Waals surface area contributed by atoms with E-state index < -0.39 is 0 Å². The van der Waals surface area contributed by atoms with Crippen molar-refractivity contribution in [2.45, 2.75) is 52.0 Å². The van der Waals surface area contributed by atoms with Crippen molar-refractivity contribution in [2.75, 3.05) is 12.3 Å². The summed E-state index contributed by atoms with van der Waals surface area (Å²) >= 11 is 0. The molecule has 104 valence electrons. The molecular weight excluding hydrogens is 236 g/mol. The normalized spacial score (nSPS) is 17.9. The van der Waals surface area contributed by atoms with Crippen LogP contribution in [0.4, 0.5) is 5.69 Å². The van der Waals surface area contributed by atoms with Crippen LogP contribution in [0.2, 0.25) is 0 Å². The number of nitrogen functional groups attached to an aromatic ring is 1. The number of rotatable bonds is 4. The van der Waals surface area contributed by atoms with Gasteiger partial charge in [-0.05, 0) is 48.9 Å². The van der Waals surface area contributed by atoms with Gasteiger partial charge in [0.05, 0.1) is 0 Å². The lowest BCUT2D eigenvalue weighted by molar-refractivity contribution is -0.133. The van der Waals surface area contributed by atoms with E-state index in [1.165, 1.54) is 11.1 Å². The van der Waals surface area contributed by atoms with Crippen LogP contribution in [0.5, 0.6) is 0 Å². The molecule has 0 saturated heterocycles. The number of hydrogen-bond acceptors (Lipinski definition) is 2. The summed E-state index contributed by atoms with van der Waals surface area (Å²) in [5.74, 6) is 0.277. The van der Waals surface area contributed by atoms with Gasteiger partial charge in [-0.15, -0.1) is 0 Å². The Morgan fingerprint density at radius 1 is 1.37 bits per heavy atom. The number of amides is 1. The summed E-state index contributed by atoms with van der Waals surface area (Å²) in [6.07, 6.45) is 4.69. The minimum Gasteiger partial charge on any atom is -0.399 e. The predicted molar refractivity (Wildman–Crippen MR) is 79.0 cm³/mol. The quantitative estimate of drug-likeness (QED) is 0.846. The molecule has 0 saturated carbocycles. The number of carbonyl (C=O) groups excluding carboxylic acids is 1. The third kappa shape index (κ3) is 3.09. The fraction of sp³-hybridized carbons (Fsp3) is 0.562. The molecule has 0 bridgehead atoms. The molecule has 0 fully saturated rings. The Morgan fingerprint density at radius 3 is 2.84 bits per heavy atom. The second-order valence-electron chi connectivity index (χ2n) is 5.37. The second-order valence-corrected chi connectivity index (χ2v) is 5.37. The van der Waals surface area contributed by atoms with Crippen LogP contribution in [-0.4, -0.2) is 23.4 Å². The van der Waals surface area contributed by atoms with E-state index in [1.807, 2.05) is 13.0 Å². The highest BCUT2D eigenvalue weighted by Gasteiger charge is 2.26. The number of anilines is 1. The fourth-order valence-corrected chi connectivity index (χ4v) is 2.98. The first kappa shape index (κ1) is 13.9. The Hall–Kier alpha value is -1.51. The SMILES string of the molecule is CCCN(C(=O)CC)[C@@H]1CCc2ccc(N)cc2C1. The summed E-state index contributed by atoms with van der Waals surface area (Å²) in [5, 5.41) is 0. The molecule has 2 rings (SSSR count). The molecule has 0 heterocycles. The zero-order valence-electron chi connectivity index (χ0n) is 12.0. The molecule has 2 N–H and O–H groups in total. The topological polar surface area (TPSA) is 46.3 Å². The van der Waals surface area contributed by atoms with Crippen LogP contribution in [0.15, 0.2) is 18.2 Å². The fourth-order valence-electron chi connectivity index (χ4n) is 2.98. The van der Waals surface area contributed by atoms with Crippen molar-refractivity contribution in [2.24, 2.45) is 0 Å². The maximum Gasteiger partial charge on any atom is 0.222 e. The highest BCUT2D eigenvalue weighted by molar-refractivity contribution is 5.76. The first-order chi connectivity index (χ1) is 9.15. The van der Waals surface area contributed by atoms with Gasteiger partial charge in [-0.25, -0.2) is 0 Å². The first-order valence-corrected chi connectivity index (χ1v) is 7.32. The van der Waals surface area contributed by atoms with E-state index in [2.05, 4.69) is 24.0 Å². The Kier molecular flexibility index (Phi) is 4.46. The Balaban J connectivity index is 2.16. The number of aryl methyl sites for hydroxylation is 1. The lowest BCUT2D eigenvalue weighted by Gasteiger charge is -2.35. The molecule has 3 heteroatoms. The number of nitrogens with zero attached hydrogens (tertiary/aromatic N) is 1. The minimum absolute atomic E-state index is 0.277. The van der Waals surface area contributed by atoms with Crippen LogP contribution in [0.25, 0.3) is 0 Å². The van der Waals surface area contributed by atoms with E-state index in [4.69, 9.17) is 5.73 Å². The van der Waals surface area contributed by atoms with Gasteiger partial charge in [0, 0.05) is 24.7 Å². The van der Waals surface area contributed by atoms with Crippen molar-refractivity contribution in [3.05, 3.63) is 29.3 Å². The van der Waals surface area contributed by atoms with Crippen molar-refractivity contribution in [1.82, 2.24) is 4.90 Å². The van der Waals surface area contributed by atoms with Gasteiger partial charge >= 0.3 is 0 Å². The summed E-state index contributed by atoms with van der Waals surface area (Å²) in [7, 11) is 0. The van der Waals surface area contributed by atoms with E-state index >= 15 is 0 Å². The molecule has 0 aliphatic heterocycles. The molecule has 0 aromatic heterocycles. The van der Waals surface area contributed by atoms with Gasteiger partial charge in [0.1, 0.15) is 0 Å². The van der Waals surface area contributed by atoms with Crippen LogP contribution in [0.1, 0.15) is 44.2 Å². The lowest BCUT2D eigenvalue weighted by atomic mass is 9.87.